The number of aryl methyl sites for hydroxylation is 1. The van der Waals surface area contributed by atoms with Crippen LogP contribution in [0.1, 0.15) is 14.6 Å². The average Bonchev–Trinajstić information content (AvgIpc) is 3.03. The number of rotatable bonds is 2. The Balaban J connectivity index is 1.94. The van der Waals surface area contributed by atoms with Gasteiger partial charge in [-0.1, -0.05) is 6.07 Å². The normalized spacial score (nSPS) is 17.1. The minimum absolute atomic E-state index is 0.360. The van der Waals surface area contributed by atoms with Crippen molar-refractivity contribution in [1.29, 1.82) is 0 Å². The molecule has 3 rings (SSSR count). The van der Waals surface area contributed by atoms with Crippen molar-refractivity contribution >= 4 is 40.6 Å². The average molecular weight is 275 g/mol. The first-order chi connectivity index (χ1) is 8.72. The molecule has 0 atom stereocenters. The monoisotopic (exact) mass is 275 g/mol. The van der Waals surface area contributed by atoms with Gasteiger partial charge in [0.2, 0.25) is 5.90 Å². The van der Waals surface area contributed by atoms with Crippen molar-refractivity contribution in [3.63, 3.8) is 0 Å². The summed E-state index contributed by atoms with van der Waals surface area (Å²) < 4.78 is 5.18. The highest BCUT2D eigenvalue weighted by Crippen LogP contribution is 2.24. The van der Waals surface area contributed by atoms with Crippen LogP contribution in [0.5, 0.6) is 0 Å². The van der Waals surface area contributed by atoms with E-state index in [4.69, 9.17) is 4.74 Å². The number of carbonyl (C=O) groups is 1. The van der Waals surface area contributed by atoms with Crippen LogP contribution in [-0.4, -0.2) is 11.9 Å². The molecule has 0 N–H and O–H groups in total. The lowest BCUT2D eigenvalue weighted by Crippen LogP contribution is -2.03. The molecule has 5 heteroatoms. The molecular formula is C13H9NO2S2. The molecule has 0 spiro atoms. The van der Waals surface area contributed by atoms with Crippen molar-refractivity contribution in [2.45, 2.75) is 6.92 Å². The molecule has 0 saturated heterocycles. The first-order valence-corrected chi connectivity index (χ1v) is 7.05. The van der Waals surface area contributed by atoms with Gasteiger partial charge < -0.3 is 4.74 Å². The second-order valence-electron chi connectivity index (χ2n) is 3.76. The predicted octanol–water partition coefficient (Wildman–Crippen LogP) is 3.46. The zero-order valence-electron chi connectivity index (χ0n) is 9.54. The molecule has 2 aromatic rings. The molecule has 1 aliphatic rings. The quantitative estimate of drug-likeness (QED) is 0.622. The minimum atomic E-state index is -0.385. The number of cyclic esters (lactones) is 1. The Morgan fingerprint density at radius 2 is 2.22 bits per heavy atom. The molecule has 1 aliphatic heterocycles. The van der Waals surface area contributed by atoms with E-state index >= 15 is 0 Å². The van der Waals surface area contributed by atoms with E-state index < -0.39 is 0 Å². The van der Waals surface area contributed by atoms with Gasteiger partial charge in [-0.25, -0.2) is 9.79 Å². The van der Waals surface area contributed by atoms with E-state index in [1.165, 1.54) is 4.88 Å². The standard InChI is InChI=1S/C13H9NO2S2/c1-8-4-5-11(18-8)12-14-10(13(15)16-12)7-9-3-2-6-17-9/h2-7H,1H3. The summed E-state index contributed by atoms with van der Waals surface area (Å²) in [6, 6.07) is 7.77. The molecule has 0 unspecified atom stereocenters. The highest BCUT2D eigenvalue weighted by molar-refractivity contribution is 7.14. The van der Waals surface area contributed by atoms with E-state index in [1.807, 2.05) is 36.6 Å². The number of hydrogen-bond acceptors (Lipinski definition) is 5. The second-order valence-corrected chi connectivity index (χ2v) is 6.03. The van der Waals surface area contributed by atoms with Crippen LogP contribution in [0.4, 0.5) is 0 Å². The van der Waals surface area contributed by atoms with Crippen molar-refractivity contribution in [2.75, 3.05) is 0 Å². The van der Waals surface area contributed by atoms with Crippen molar-refractivity contribution in [3.05, 3.63) is 50.0 Å². The maximum atomic E-state index is 11.7. The third-order valence-electron chi connectivity index (χ3n) is 2.39. The third-order valence-corrected chi connectivity index (χ3v) is 4.20. The number of thiophene rings is 2. The largest absolute Gasteiger partial charge is 0.401 e. The predicted molar refractivity (Wildman–Crippen MR) is 74.0 cm³/mol. The molecule has 0 aromatic carbocycles. The second kappa shape index (κ2) is 4.51. The first kappa shape index (κ1) is 11.4. The summed E-state index contributed by atoms with van der Waals surface area (Å²) in [5.41, 5.74) is 0.360. The summed E-state index contributed by atoms with van der Waals surface area (Å²) in [7, 11) is 0. The van der Waals surface area contributed by atoms with Crippen LogP contribution in [0, 0.1) is 6.92 Å². The van der Waals surface area contributed by atoms with E-state index in [1.54, 1.807) is 28.7 Å². The number of esters is 1. The lowest BCUT2D eigenvalue weighted by atomic mass is 10.3. The molecule has 3 heterocycles. The highest BCUT2D eigenvalue weighted by Gasteiger charge is 2.24. The van der Waals surface area contributed by atoms with Crippen molar-refractivity contribution in [3.8, 4) is 0 Å². The summed E-state index contributed by atoms with van der Waals surface area (Å²) in [6.45, 7) is 2.01. The summed E-state index contributed by atoms with van der Waals surface area (Å²) in [5, 5.41) is 1.96. The molecular weight excluding hydrogens is 266 g/mol. The van der Waals surface area contributed by atoms with Crippen molar-refractivity contribution < 1.29 is 9.53 Å². The molecule has 0 bridgehead atoms. The summed E-state index contributed by atoms with van der Waals surface area (Å²) >= 11 is 3.13. The van der Waals surface area contributed by atoms with E-state index in [9.17, 15) is 4.79 Å². The molecule has 2 aromatic heterocycles. The number of aliphatic imine (C=N–C) groups is 1. The Kier molecular flexibility index (Phi) is 2.85. The van der Waals surface area contributed by atoms with Crippen LogP contribution < -0.4 is 0 Å². The Hall–Kier alpha value is -1.72. The molecule has 90 valence electrons. The third kappa shape index (κ3) is 2.14. The molecule has 0 amide bonds. The zero-order chi connectivity index (χ0) is 12.5. The number of hydrogen-bond donors (Lipinski definition) is 0. The van der Waals surface area contributed by atoms with Gasteiger partial charge in [0.05, 0.1) is 4.88 Å². The first-order valence-electron chi connectivity index (χ1n) is 5.35. The van der Waals surface area contributed by atoms with Crippen LogP contribution in [0.2, 0.25) is 0 Å². The summed E-state index contributed by atoms with van der Waals surface area (Å²) in [4.78, 5) is 19.0. The van der Waals surface area contributed by atoms with Gasteiger partial charge in [-0.3, -0.25) is 0 Å². The Morgan fingerprint density at radius 3 is 2.89 bits per heavy atom. The number of carbonyl (C=O) groups excluding carboxylic acids is 1. The Bertz CT molecular complexity index is 650. The van der Waals surface area contributed by atoms with Gasteiger partial charge >= 0.3 is 5.97 Å². The maximum absolute atomic E-state index is 11.7. The van der Waals surface area contributed by atoms with Crippen LogP contribution in [0.25, 0.3) is 6.08 Å². The number of ether oxygens (including phenoxy) is 1. The fraction of sp³-hybridized carbons (Fsp3) is 0.0769. The van der Waals surface area contributed by atoms with Gasteiger partial charge in [0.25, 0.3) is 0 Å². The van der Waals surface area contributed by atoms with Crippen LogP contribution >= 0.6 is 22.7 Å². The highest BCUT2D eigenvalue weighted by atomic mass is 32.1. The van der Waals surface area contributed by atoms with E-state index in [-0.39, 0.29) is 5.97 Å². The molecule has 0 saturated carbocycles. The van der Waals surface area contributed by atoms with E-state index in [0.717, 1.165) is 9.75 Å². The van der Waals surface area contributed by atoms with E-state index in [2.05, 4.69) is 4.99 Å². The number of nitrogens with zero attached hydrogens (tertiary/aromatic N) is 1. The maximum Gasteiger partial charge on any atom is 0.363 e. The fourth-order valence-corrected chi connectivity index (χ4v) is 3.02. The molecule has 0 fully saturated rings. The van der Waals surface area contributed by atoms with Gasteiger partial charge in [-0.2, -0.15) is 0 Å². The van der Waals surface area contributed by atoms with Gasteiger partial charge in [-0.15, -0.1) is 22.7 Å². The molecule has 0 aliphatic carbocycles. The molecule has 3 nitrogen and oxygen atoms in total. The topological polar surface area (TPSA) is 38.7 Å². The molecule has 0 radical (unpaired) electrons. The lowest BCUT2D eigenvalue weighted by Gasteiger charge is -1.92. The zero-order valence-corrected chi connectivity index (χ0v) is 11.2. The van der Waals surface area contributed by atoms with Crippen LogP contribution in [0.15, 0.2) is 40.3 Å². The smallest absolute Gasteiger partial charge is 0.363 e. The SMILES string of the molecule is Cc1ccc(C2=NC(=Cc3cccs3)C(=O)O2)s1. The van der Waals surface area contributed by atoms with Crippen LogP contribution in [0.3, 0.4) is 0 Å². The Labute approximate surface area is 112 Å². The van der Waals surface area contributed by atoms with Gasteiger partial charge in [-0.05, 0) is 36.6 Å². The van der Waals surface area contributed by atoms with Gasteiger partial charge in [0.1, 0.15) is 0 Å². The lowest BCUT2D eigenvalue weighted by molar-refractivity contribution is -0.129. The van der Waals surface area contributed by atoms with Crippen LogP contribution in [-0.2, 0) is 9.53 Å². The van der Waals surface area contributed by atoms with Gasteiger partial charge in [0, 0.05) is 9.75 Å². The Morgan fingerprint density at radius 1 is 1.33 bits per heavy atom. The van der Waals surface area contributed by atoms with E-state index in [0.29, 0.717) is 11.6 Å². The van der Waals surface area contributed by atoms with Crippen molar-refractivity contribution in [2.24, 2.45) is 4.99 Å². The minimum Gasteiger partial charge on any atom is -0.401 e. The molecule has 18 heavy (non-hydrogen) atoms. The summed E-state index contributed by atoms with van der Waals surface area (Å²) in [6.07, 6.45) is 1.75. The van der Waals surface area contributed by atoms with Gasteiger partial charge in [0.15, 0.2) is 5.70 Å². The van der Waals surface area contributed by atoms with Crippen molar-refractivity contribution in [1.82, 2.24) is 0 Å². The fourth-order valence-electron chi connectivity index (χ4n) is 1.57. The summed E-state index contributed by atoms with van der Waals surface area (Å²) in [5.74, 6) is 0.0189.